The van der Waals surface area contributed by atoms with Gasteiger partial charge in [-0.1, -0.05) is 6.92 Å². The second-order valence-electron chi connectivity index (χ2n) is 4.60. The van der Waals surface area contributed by atoms with E-state index < -0.39 is 0 Å². The first-order valence-electron chi connectivity index (χ1n) is 6.52. The monoisotopic (exact) mass is 330 g/mol. The third-order valence-corrected chi connectivity index (χ3v) is 4.00. The summed E-state index contributed by atoms with van der Waals surface area (Å²) in [5, 5.41) is 16.3. The average molecular weight is 331 g/mol. The molecule has 106 valence electrons. The highest BCUT2D eigenvalue weighted by molar-refractivity contribution is 9.10. The molecule has 0 aliphatic carbocycles. The first-order chi connectivity index (χ1) is 9.19. The number of hydrogen-bond acceptors (Lipinski definition) is 5. The number of rotatable bonds is 6. The van der Waals surface area contributed by atoms with Gasteiger partial charge in [0.05, 0.1) is 31.1 Å². The third kappa shape index (κ3) is 2.98. The molecule has 0 atom stereocenters. The zero-order valence-corrected chi connectivity index (χ0v) is 12.6. The molecule has 2 rings (SSSR count). The maximum atomic E-state index is 12.1. The van der Waals surface area contributed by atoms with Crippen molar-refractivity contribution in [2.75, 3.05) is 31.1 Å². The summed E-state index contributed by atoms with van der Waals surface area (Å²) in [6.07, 6.45) is 2.72. The molecule has 0 amide bonds. The zero-order valence-electron chi connectivity index (χ0n) is 11.0. The fourth-order valence-corrected chi connectivity index (χ4v) is 2.68. The number of aromatic nitrogens is 2. The third-order valence-electron chi connectivity index (χ3n) is 3.25. The molecule has 7 heteroatoms. The fourth-order valence-electron chi connectivity index (χ4n) is 2.15. The van der Waals surface area contributed by atoms with Crippen LogP contribution < -0.4 is 15.8 Å². The van der Waals surface area contributed by atoms with Gasteiger partial charge in [-0.2, -0.15) is 5.10 Å². The quantitative estimate of drug-likeness (QED) is 0.779. The minimum atomic E-state index is -0.195. The Morgan fingerprint density at radius 2 is 2.37 bits per heavy atom. The highest BCUT2D eigenvalue weighted by atomic mass is 79.9. The van der Waals surface area contributed by atoms with Crippen molar-refractivity contribution >= 4 is 21.6 Å². The number of aliphatic hydroxyl groups excluding tert-OH is 1. The van der Waals surface area contributed by atoms with E-state index in [-0.39, 0.29) is 18.7 Å². The van der Waals surface area contributed by atoms with E-state index in [1.807, 2.05) is 0 Å². The summed E-state index contributed by atoms with van der Waals surface area (Å²) in [7, 11) is 0. The number of aliphatic hydroxyl groups is 1. The van der Waals surface area contributed by atoms with Gasteiger partial charge in [0.2, 0.25) is 0 Å². The summed E-state index contributed by atoms with van der Waals surface area (Å²) in [6, 6.07) is 0.422. The lowest BCUT2D eigenvalue weighted by Gasteiger charge is -2.39. The molecule has 0 aromatic carbocycles. The summed E-state index contributed by atoms with van der Waals surface area (Å²) in [5.74, 6) is 0. The van der Waals surface area contributed by atoms with E-state index in [0.717, 1.165) is 31.7 Å². The van der Waals surface area contributed by atoms with Gasteiger partial charge >= 0.3 is 0 Å². The van der Waals surface area contributed by atoms with Crippen LogP contribution in [0.2, 0.25) is 0 Å². The van der Waals surface area contributed by atoms with Crippen LogP contribution in [-0.2, 0) is 6.54 Å². The van der Waals surface area contributed by atoms with Gasteiger partial charge in [-0.3, -0.25) is 4.79 Å². The molecule has 1 aliphatic heterocycles. The van der Waals surface area contributed by atoms with Crippen LogP contribution in [0.3, 0.4) is 0 Å². The molecule has 0 radical (unpaired) electrons. The Morgan fingerprint density at radius 1 is 1.63 bits per heavy atom. The lowest BCUT2D eigenvalue weighted by molar-refractivity contribution is 0.266. The van der Waals surface area contributed by atoms with Crippen molar-refractivity contribution in [2.45, 2.75) is 25.9 Å². The van der Waals surface area contributed by atoms with E-state index in [9.17, 15) is 4.79 Å². The van der Waals surface area contributed by atoms with Gasteiger partial charge in [-0.15, -0.1) is 0 Å². The molecule has 1 aliphatic rings. The fraction of sp³-hybridized carbons (Fsp3) is 0.667. The van der Waals surface area contributed by atoms with Gasteiger partial charge in [0.15, 0.2) is 0 Å². The van der Waals surface area contributed by atoms with Crippen molar-refractivity contribution in [1.82, 2.24) is 15.1 Å². The molecular formula is C12H19BrN4O2. The van der Waals surface area contributed by atoms with Gasteiger partial charge in [0, 0.05) is 19.6 Å². The molecule has 0 unspecified atom stereocenters. The van der Waals surface area contributed by atoms with Crippen molar-refractivity contribution < 1.29 is 5.11 Å². The van der Waals surface area contributed by atoms with Crippen LogP contribution in [0.1, 0.15) is 13.3 Å². The summed E-state index contributed by atoms with van der Waals surface area (Å²) < 4.78 is 1.80. The Kier molecular flexibility index (Phi) is 4.95. The molecule has 1 aromatic rings. The van der Waals surface area contributed by atoms with E-state index in [2.05, 4.69) is 38.2 Å². The van der Waals surface area contributed by atoms with Crippen LogP contribution in [0.25, 0.3) is 0 Å². The smallest absolute Gasteiger partial charge is 0.283 e. The number of anilines is 1. The molecule has 1 aromatic heterocycles. The van der Waals surface area contributed by atoms with E-state index >= 15 is 0 Å². The molecule has 0 bridgehead atoms. The van der Waals surface area contributed by atoms with E-state index in [1.165, 1.54) is 4.68 Å². The topological polar surface area (TPSA) is 70.4 Å². The molecule has 1 saturated heterocycles. The number of hydrogen-bond donors (Lipinski definition) is 2. The van der Waals surface area contributed by atoms with Crippen LogP contribution in [0, 0.1) is 0 Å². The summed E-state index contributed by atoms with van der Waals surface area (Å²) in [5.41, 5.74) is 0.646. The van der Waals surface area contributed by atoms with Crippen LogP contribution in [0.4, 0.5) is 5.69 Å². The number of halogens is 1. The molecular weight excluding hydrogens is 312 g/mol. The van der Waals surface area contributed by atoms with E-state index in [4.69, 9.17) is 5.11 Å². The Hall–Kier alpha value is -0.920. The van der Waals surface area contributed by atoms with Gasteiger partial charge in [0.1, 0.15) is 4.47 Å². The van der Waals surface area contributed by atoms with Gasteiger partial charge in [-0.25, -0.2) is 4.68 Å². The maximum Gasteiger partial charge on any atom is 0.283 e. The van der Waals surface area contributed by atoms with Crippen molar-refractivity contribution in [3.05, 3.63) is 21.0 Å². The zero-order chi connectivity index (χ0) is 13.8. The van der Waals surface area contributed by atoms with E-state index in [1.54, 1.807) is 6.20 Å². The van der Waals surface area contributed by atoms with Gasteiger partial charge in [0.25, 0.3) is 5.56 Å². The Balaban J connectivity index is 2.31. The van der Waals surface area contributed by atoms with Crippen LogP contribution in [0.15, 0.2) is 15.5 Å². The second kappa shape index (κ2) is 6.49. The average Bonchev–Trinajstić information content (AvgIpc) is 2.33. The molecule has 1 fully saturated rings. The molecule has 0 saturated carbocycles. The maximum absolute atomic E-state index is 12.1. The lowest BCUT2D eigenvalue weighted by atomic mass is 10.1. The summed E-state index contributed by atoms with van der Waals surface area (Å²) >= 11 is 3.38. The van der Waals surface area contributed by atoms with Gasteiger partial charge < -0.3 is 15.3 Å². The largest absolute Gasteiger partial charge is 0.394 e. The second-order valence-corrected chi connectivity index (χ2v) is 5.39. The predicted octanol–water partition coefficient (Wildman–Crippen LogP) is 0.186. The summed E-state index contributed by atoms with van der Waals surface area (Å²) in [6.45, 7) is 5.02. The predicted molar refractivity (Wildman–Crippen MR) is 77.6 cm³/mol. The standard InChI is InChI=1S/C12H19BrN4O2/c1-2-3-16(9-6-14-7-9)10-8-15-17(4-5-18)12(19)11(10)13/h8-9,14,18H,2-7H2,1H3. The van der Waals surface area contributed by atoms with Crippen LogP contribution in [0.5, 0.6) is 0 Å². The minimum absolute atomic E-state index is 0.0933. The molecule has 2 heterocycles. The van der Waals surface area contributed by atoms with Crippen molar-refractivity contribution in [3.63, 3.8) is 0 Å². The number of nitrogens with one attached hydrogen (secondary N) is 1. The summed E-state index contributed by atoms with van der Waals surface area (Å²) in [4.78, 5) is 14.3. The lowest BCUT2D eigenvalue weighted by Crippen LogP contribution is -2.58. The van der Waals surface area contributed by atoms with Crippen LogP contribution >= 0.6 is 15.9 Å². The van der Waals surface area contributed by atoms with Gasteiger partial charge in [-0.05, 0) is 22.4 Å². The van der Waals surface area contributed by atoms with Crippen molar-refractivity contribution in [3.8, 4) is 0 Å². The number of nitrogens with zero attached hydrogens (tertiary/aromatic N) is 3. The first kappa shape index (κ1) is 14.5. The van der Waals surface area contributed by atoms with Crippen LogP contribution in [-0.4, -0.2) is 47.2 Å². The highest BCUT2D eigenvalue weighted by Gasteiger charge is 2.26. The normalized spacial score (nSPS) is 15.3. The molecule has 6 nitrogen and oxygen atoms in total. The van der Waals surface area contributed by atoms with Crippen molar-refractivity contribution in [1.29, 1.82) is 0 Å². The Bertz CT molecular complexity index is 487. The highest BCUT2D eigenvalue weighted by Crippen LogP contribution is 2.25. The minimum Gasteiger partial charge on any atom is -0.394 e. The molecule has 0 spiro atoms. The van der Waals surface area contributed by atoms with E-state index in [0.29, 0.717) is 10.5 Å². The Labute approximate surface area is 120 Å². The SMILES string of the molecule is CCCN(c1cnn(CCO)c(=O)c1Br)C1CNC1. The van der Waals surface area contributed by atoms with Crippen molar-refractivity contribution in [2.24, 2.45) is 0 Å². The molecule has 2 N–H and O–H groups in total. The Morgan fingerprint density at radius 3 is 2.89 bits per heavy atom. The first-order valence-corrected chi connectivity index (χ1v) is 7.32. The molecule has 19 heavy (non-hydrogen) atoms.